The van der Waals surface area contributed by atoms with Crippen LogP contribution >= 0.6 is 11.3 Å². The zero-order valence-electron chi connectivity index (χ0n) is 12.5. The first-order valence-corrected chi connectivity index (χ1v) is 8.03. The maximum absolute atomic E-state index is 5.20. The molecule has 1 atom stereocenters. The van der Waals surface area contributed by atoms with E-state index < -0.39 is 0 Å². The van der Waals surface area contributed by atoms with Crippen LogP contribution in [0.25, 0.3) is 0 Å². The van der Waals surface area contributed by atoms with Gasteiger partial charge in [-0.3, -0.25) is 0 Å². The monoisotopic (exact) mass is 289 g/mol. The summed E-state index contributed by atoms with van der Waals surface area (Å²) < 4.78 is 5.20. The summed E-state index contributed by atoms with van der Waals surface area (Å²) in [5, 5.41) is 5.79. The SMILES string of the molecule is CCNC(CCc1ccc(OC)cc1)c1sccc1C. The third kappa shape index (κ3) is 3.84. The highest BCUT2D eigenvalue weighted by molar-refractivity contribution is 7.10. The number of benzene rings is 1. The predicted octanol–water partition coefficient (Wildman–Crippen LogP) is 4.35. The van der Waals surface area contributed by atoms with Gasteiger partial charge in [0.25, 0.3) is 0 Å². The van der Waals surface area contributed by atoms with Gasteiger partial charge in [0.1, 0.15) is 5.75 Å². The van der Waals surface area contributed by atoms with E-state index in [9.17, 15) is 0 Å². The van der Waals surface area contributed by atoms with Gasteiger partial charge < -0.3 is 10.1 Å². The largest absolute Gasteiger partial charge is 0.497 e. The van der Waals surface area contributed by atoms with E-state index in [1.165, 1.54) is 16.0 Å². The van der Waals surface area contributed by atoms with Crippen molar-refractivity contribution in [3.63, 3.8) is 0 Å². The Balaban J connectivity index is 2.00. The summed E-state index contributed by atoms with van der Waals surface area (Å²) in [4.78, 5) is 1.47. The lowest BCUT2D eigenvalue weighted by Crippen LogP contribution is -2.21. The Morgan fingerprint density at radius 1 is 1.20 bits per heavy atom. The van der Waals surface area contributed by atoms with E-state index in [-0.39, 0.29) is 0 Å². The second kappa shape index (κ2) is 7.46. The Morgan fingerprint density at radius 3 is 2.50 bits per heavy atom. The number of hydrogen-bond donors (Lipinski definition) is 1. The minimum absolute atomic E-state index is 0.460. The van der Waals surface area contributed by atoms with Gasteiger partial charge in [0, 0.05) is 10.9 Å². The second-order valence-electron chi connectivity index (χ2n) is 4.96. The van der Waals surface area contributed by atoms with Crippen LogP contribution in [0.1, 0.15) is 35.4 Å². The van der Waals surface area contributed by atoms with E-state index in [1.54, 1.807) is 7.11 Å². The van der Waals surface area contributed by atoms with Crippen molar-refractivity contribution in [3.8, 4) is 5.75 Å². The molecule has 0 aliphatic carbocycles. The lowest BCUT2D eigenvalue weighted by molar-refractivity contribution is 0.414. The highest BCUT2D eigenvalue weighted by Gasteiger charge is 2.14. The quantitative estimate of drug-likeness (QED) is 0.818. The van der Waals surface area contributed by atoms with Crippen LogP contribution in [0.15, 0.2) is 35.7 Å². The molecule has 0 spiro atoms. The molecule has 108 valence electrons. The van der Waals surface area contributed by atoms with Crippen LogP contribution in [0, 0.1) is 6.92 Å². The van der Waals surface area contributed by atoms with Crippen molar-refractivity contribution in [2.75, 3.05) is 13.7 Å². The first-order chi connectivity index (χ1) is 9.74. The van der Waals surface area contributed by atoms with Gasteiger partial charge >= 0.3 is 0 Å². The summed E-state index contributed by atoms with van der Waals surface area (Å²) in [5.74, 6) is 0.922. The van der Waals surface area contributed by atoms with Gasteiger partial charge in [0.2, 0.25) is 0 Å². The molecule has 0 aliphatic heterocycles. The first kappa shape index (κ1) is 15.1. The van der Waals surface area contributed by atoms with E-state index >= 15 is 0 Å². The minimum atomic E-state index is 0.460. The summed E-state index contributed by atoms with van der Waals surface area (Å²) >= 11 is 1.86. The van der Waals surface area contributed by atoms with Gasteiger partial charge in [-0.15, -0.1) is 11.3 Å². The number of methoxy groups -OCH3 is 1. The number of thiophene rings is 1. The maximum Gasteiger partial charge on any atom is 0.118 e. The third-order valence-corrected chi connectivity index (χ3v) is 4.68. The van der Waals surface area contributed by atoms with E-state index in [0.717, 1.165) is 25.1 Å². The number of hydrogen-bond acceptors (Lipinski definition) is 3. The van der Waals surface area contributed by atoms with E-state index in [1.807, 2.05) is 23.5 Å². The molecule has 3 heteroatoms. The number of rotatable bonds is 7. The molecule has 2 nitrogen and oxygen atoms in total. The second-order valence-corrected chi connectivity index (χ2v) is 5.91. The van der Waals surface area contributed by atoms with Crippen LogP contribution in [-0.2, 0) is 6.42 Å². The average molecular weight is 289 g/mol. The van der Waals surface area contributed by atoms with Gasteiger partial charge in [-0.2, -0.15) is 0 Å². The topological polar surface area (TPSA) is 21.3 Å². The fourth-order valence-electron chi connectivity index (χ4n) is 2.42. The van der Waals surface area contributed by atoms with Gasteiger partial charge in [-0.05, 0) is 61.0 Å². The first-order valence-electron chi connectivity index (χ1n) is 7.15. The van der Waals surface area contributed by atoms with Crippen LogP contribution < -0.4 is 10.1 Å². The van der Waals surface area contributed by atoms with Crippen LogP contribution in [0.5, 0.6) is 5.75 Å². The Kier molecular flexibility index (Phi) is 5.62. The highest BCUT2D eigenvalue weighted by Crippen LogP contribution is 2.27. The molecule has 0 amide bonds. The average Bonchev–Trinajstić information content (AvgIpc) is 2.90. The molecule has 1 aromatic heterocycles. The Bertz CT molecular complexity index is 518. The molecule has 1 unspecified atom stereocenters. The van der Waals surface area contributed by atoms with Crippen molar-refractivity contribution in [1.29, 1.82) is 0 Å². The van der Waals surface area contributed by atoms with Gasteiger partial charge in [0.05, 0.1) is 7.11 Å². The molecule has 0 saturated heterocycles. The summed E-state index contributed by atoms with van der Waals surface area (Å²) in [6, 6.07) is 11.0. The van der Waals surface area contributed by atoms with Crippen LogP contribution in [0.4, 0.5) is 0 Å². The van der Waals surface area contributed by atoms with Crippen LogP contribution in [-0.4, -0.2) is 13.7 Å². The Morgan fingerprint density at radius 2 is 1.95 bits per heavy atom. The predicted molar refractivity (Wildman–Crippen MR) is 86.8 cm³/mol. The van der Waals surface area contributed by atoms with Crippen molar-refractivity contribution in [3.05, 3.63) is 51.7 Å². The summed E-state index contributed by atoms with van der Waals surface area (Å²) in [5.41, 5.74) is 2.76. The molecular weight excluding hydrogens is 266 g/mol. The van der Waals surface area contributed by atoms with Crippen molar-refractivity contribution in [2.24, 2.45) is 0 Å². The van der Waals surface area contributed by atoms with Gasteiger partial charge in [0.15, 0.2) is 0 Å². The molecule has 1 aromatic carbocycles. The number of ether oxygens (including phenoxy) is 1. The third-order valence-electron chi connectivity index (χ3n) is 3.55. The molecule has 0 aliphatic rings. The molecule has 20 heavy (non-hydrogen) atoms. The van der Waals surface area contributed by atoms with E-state index in [2.05, 4.69) is 42.7 Å². The highest BCUT2D eigenvalue weighted by atomic mass is 32.1. The molecule has 2 rings (SSSR count). The summed E-state index contributed by atoms with van der Waals surface area (Å²) in [6.45, 7) is 5.37. The normalized spacial score (nSPS) is 12.3. The summed E-state index contributed by atoms with van der Waals surface area (Å²) in [7, 11) is 1.70. The van der Waals surface area contributed by atoms with Crippen molar-refractivity contribution >= 4 is 11.3 Å². The standard InChI is InChI=1S/C17H23NOS/c1-4-18-16(17-13(2)11-12-20-17)10-7-14-5-8-15(19-3)9-6-14/h5-6,8-9,11-12,16,18H,4,7,10H2,1-3H3. The Hall–Kier alpha value is -1.32. The summed E-state index contributed by atoms with van der Waals surface area (Å²) in [6.07, 6.45) is 2.21. The van der Waals surface area contributed by atoms with Crippen molar-refractivity contribution < 1.29 is 4.74 Å². The van der Waals surface area contributed by atoms with Crippen LogP contribution in [0.3, 0.4) is 0 Å². The molecule has 0 fully saturated rings. The molecule has 0 bridgehead atoms. The molecule has 1 heterocycles. The fraction of sp³-hybridized carbons (Fsp3) is 0.412. The van der Waals surface area contributed by atoms with Gasteiger partial charge in [-0.1, -0.05) is 19.1 Å². The fourth-order valence-corrected chi connectivity index (χ4v) is 3.46. The maximum atomic E-state index is 5.20. The zero-order chi connectivity index (χ0) is 14.4. The lowest BCUT2D eigenvalue weighted by atomic mass is 10.0. The van der Waals surface area contributed by atoms with Gasteiger partial charge in [-0.25, -0.2) is 0 Å². The number of nitrogens with one attached hydrogen (secondary N) is 1. The van der Waals surface area contributed by atoms with Crippen molar-refractivity contribution in [1.82, 2.24) is 5.32 Å². The van der Waals surface area contributed by atoms with Crippen molar-refractivity contribution in [2.45, 2.75) is 32.7 Å². The molecule has 1 N–H and O–H groups in total. The molecule has 0 radical (unpaired) electrons. The molecule has 0 saturated carbocycles. The van der Waals surface area contributed by atoms with Crippen LogP contribution in [0.2, 0.25) is 0 Å². The molecule has 2 aromatic rings. The smallest absolute Gasteiger partial charge is 0.118 e. The van der Waals surface area contributed by atoms with E-state index in [4.69, 9.17) is 4.74 Å². The Labute approximate surface area is 125 Å². The lowest BCUT2D eigenvalue weighted by Gasteiger charge is -2.17. The minimum Gasteiger partial charge on any atom is -0.497 e. The van der Waals surface area contributed by atoms with E-state index in [0.29, 0.717) is 6.04 Å². The molecular formula is C17H23NOS. The number of aryl methyl sites for hydroxylation is 2. The zero-order valence-corrected chi connectivity index (χ0v) is 13.3.